The van der Waals surface area contributed by atoms with Crippen molar-refractivity contribution in [3.05, 3.63) is 108 Å². The molecule has 222 valence electrons. The zero-order valence-corrected chi connectivity index (χ0v) is 25.1. The molecule has 5 heterocycles. The number of piperidine rings is 1. The maximum atomic E-state index is 9.11. The van der Waals surface area contributed by atoms with E-state index in [1.54, 1.807) is 18.5 Å². The number of fused-ring (bicyclic) bond motifs is 1. The standard InChI is InChI=1S/C34H29ClN10/c35-28-6-2-1-4-26(28)29-11-12-30-33(42-29)45(32(43-30)27-5-3-16-38-31(27)37)25-9-7-22(8-10-25)21-44-18-14-23(15-19-44)40-34-39-17-13-24(20-36)41-34/h1-13,16-17,23H,14-15,18-19,21H2,(H2,37,38)(H,39,40,41). The van der Waals surface area contributed by atoms with Crippen molar-refractivity contribution in [2.24, 2.45) is 0 Å². The first-order chi connectivity index (χ1) is 22.1. The molecule has 1 saturated heterocycles. The van der Waals surface area contributed by atoms with Gasteiger partial charge in [0.1, 0.15) is 23.1 Å². The molecule has 0 radical (unpaired) electrons. The summed E-state index contributed by atoms with van der Waals surface area (Å²) in [7, 11) is 0. The number of nitrogens with one attached hydrogen (secondary N) is 1. The molecule has 2 aromatic carbocycles. The monoisotopic (exact) mass is 612 g/mol. The summed E-state index contributed by atoms with van der Waals surface area (Å²) in [6.07, 6.45) is 5.22. The van der Waals surface area contributed by atoms with Gasteiger partial charge in [-0.25, -0.2) is 24.9 Å². The topological polar surface area (TPSA) is 134 Å². The molecule has 1 fully saturated rings. The number of nitrogen functional groups attached to an aromatic ring is 1. The summed E-state index contributed by atoms with van der Waals surface area (Å²) < 4.78 is 2.04. The van der Waals surface area contributed by atoms with Gasteiger partial charge in [0.05, 0.1) is 11.3 Å². The molecule has 0 saturated carbocycles. The van der Waals surface area contributed by atoms with Gasteiger partial charge in [0.2, 0.25) is 5.95 Å². The maximum absolute atomic E-state index is 9.11. The molecule has 45 heavy (non-hydrogen) atoms. The molecule has 3 N–H and O–H groups in total. The molecular weight excluding hydrogens is 584 g/mol. The van der Waals surface area contributed by atoms with Crippen molar-refractivity contribution in [2.45, 2.75) is 25.4 Å². The lowest BCUT2D eigenvalue weighted by Gasteiger charge is -2.32. The van der Waals surface area contributed by atoms with Crippen LogP contribution in [-0.2, 0) is 6.54 Å². The molecule has 0 unspecified atom stereocenters. The molecular formula is C34H29ClN10. The summed E-state index contributed by atoms with van der Waals surface area (Å²) in [5.41, 5.74) is 12.6. The molecule has 0 spiro atoms. The van der Waals surface area contributed by atoms with Crippen LogP contribution in [0.4, 0.5) is 11.8 Å². The number of benzene rings is 2. The Morgan fingerprint density at radius 3 is 2.44 bits per heavy atom. The number of rotatable bonds is 7. The van der Waals surface area contributed by atoms with Crippen LogP contribution >= 0.6 is 11.6 Å². The van der Waals surface area contributed by atoms with E-state index in [-0.39, 0.29) is 6.04 Å². The zero-order chi connectivity index (χ0) is 30.8. The fourth-order valence-electron chi connectivity index (χ4n) is 5.73. The van der Waals surface area contributed by atoms with E-state index in [4.69, 9.17) is 32.6 Å². The summed E-state index contributed by atoms with van der Waals surface area (Å²) >= 11 is 6.53. The average Bonchev–Trinajstić information content (AvgIpc) is 3.45. The largest absolute Gasteiger partial charge is 0.383 e. The molecule has 7 rings (SSSR count). The van der Waals surface area contributed by atoms with Crippen molar-refractivity contribution in [3.8, 4) is 34.4 Å². The van der Waals surface area contributed by atoms with Crippen LogP contribution in [0.2, 0.25) is 5.02 Å². The molecule has 11 heteroatoms. The minimum absolute atomic E-state index is 0.272. The maximum Gasteiger partial charge on any atom is 0.224 e. The van der Waals surface area contributed by atoms with Gasteiger partial charge in [-0.1, -0.05) is 41.9 Å². The molecule has 0 aliphatic carbocycles. The summed E-state index contributed by atoms with van der Waals surface area (Å²) in [5, 5.41) is 13.1. The lowest BCUT2D eigenvalue weighted by Crippen LogP contribution is -2.39. The normalized spacial score (nSPS) is 14.0. The number of halogens is 1. The van der Waals surface area contributed by atoms with Crippen molar-refractivity contribution in [3.63, 3.8) is 0 Å². The van der Waals surface area contributed by atoms with E-state index in [0.29, 0.717) is 34.0 Å². The van der Waals surface area contributed by atoms with E-state index in [0.717, 1.165) is 60.5 Å². The lowest BCUT2D eigenvalue weighted by molar-refractivity contribution is 0.211. The Morgan fingerprint density at radius 2 is 1.67 bits per heavy atom. The van der Waals surface area contributed by atoms with E-state index in [1.165, 1.54) is 5.56 Å². The quantitative estimate of drug-likeness (QED) is 0.218. The Bertz CT molecular complexity index is 2020. The highest BCUT2D eigenvalue weighted by molar-refractivity contribution is 6.33. The van der Waals surface area contributed by atoms with Crippen LogP contribution in [0.1, 0.15) is 24.1 Å². The smallest absolute Gasteiger partial charge is 0.224 e. The zero-order valence-electron chi connectivity index (χ0n) is 24.3. The van der Waals surface area contributed by atoms with E-state index < -0.39 is 0 Å². The molecule has 1 aliphatic rings. The van der Waals surface area contributed by atoms with Crippen LogP contribution < -0.4 is 11.1 Å². The van der Waals surface area contributed by atoms with Crippen LogP contribution in [0.15, 0.2) is 91.3 Å². The van der Waals surface area contributed by atoms with Crippen LogP contribution in [-0.4, -0.2) is 53.5 Å². The summed E-state index contributed by atoms with van der Waals surface area (Å²) in [6, 6.07) is 27.8. The van der Waals surface area contributed by atoms with Gasteiger partial charge in [-0.05, 0) is 66.9 Å². The predicted octanol–water partition coefficient (Wildman–Crippen LogP) is 6.12. The van der Waals surface area contributed by atoms with Crippen molar-refractivity contribution >= 4 is 34.5 Å². The molecule has 4 aromatic heterocycles. The number of likely N-dealkylation sites (tertiary alicyclic amines) is 1. The van der Waals surface area contributed by atoms with E-state index in [9.17, 15) is 0 Å². The third-order valence-electron chi connectivity index (χ3n) is 8.03. The third-order valence-corrected chi connectivity index (χ3v) is 8.35. The molecule has 10 nitrogen and oxygen atoms in total. The second-order valence-electron chi connectivity index (χ2n) is 11.0. The number of nitrogens with two attached hydrogens (primary N) is 1. The second-order valence-corrected chi connectivity index (χ2v) is 11.4. The number of anilines is 2. The van der Waals surface area contributed by atoms with Gasteiger partial charge >= 0.3 is 0 Å². The molecule has 6 aromatic rings. The van der Waals surface area contributed by atoms with Crippen molar-refractivity contribution in [2.75, 3.05) is 24.1 Å². The summed E-state index contributed by atoms with van der Waals surface area (Å²) in [6.45, 7) is 2.74. The lowest BCUT2D eigenvalue weighted by atomic mass is 10.0. The number of pyridine rings is 2. The number of aromatic nitrogens is 6. The molecule has 0 bridgehead atoms. The molecule has 1 aliphatic heterocycles. The minimum Gasteiger partial charge on any atom is -0.383 e. The number of hydrogen-bond donors (Lipinski definition) is 2. The van der Waals surface area contributed by atoms with Crippen LogP contribution in [0.3, 0.4) is 0 Å². The van der Waals surface area contributed by atoms with Crippen molar-refractivity contribution in [1.29, 1.82) is 5.26 Å². The Kier molecular flexibility index (Phi) is 7.78. The van der Waals surface area contributed by atoms with Gasteiger partial charge in [-0.2, -0.15) is 5.26 Å². The van der Waals surface area contributed by atoms with E-state index >= 15 is 0 Å². The highest BCUT2D eigenvalue weighted by Crippen LogP contribution is 2.33. The van der Waals surface area contributed by atoms with Gasteiger partial charge in [0.25, 0.3) is 0 Å². The number of nitriles is 1. The number of hydrogen-bond acceptors (Lipinski definition) is 9. The van der Waals surface area contributed by atoms with Gasteiger partial charge < -0.3 is 11.1 Å². The second kappa shape index (κ2) is 12.3. The highest BCUT2D eigenvalue weighted by Gasteiger charge is 2.21. The number of imidazole rings is 1. The first-order valence-electron chi connectivity index (χ1n) is 14.7. The van der Waals surface area contributed by atoms with Gasteiger partial charge in [-0.3, -0.25) is 9.47 Å². The Balaban J connectivity index is 1.14. The first kappa shape index (κ1) is 28.4. The van der Waals surface area contributed by atoms with Crippen molar-refractivity contribution < 1.29 is 0 Å². The fourth-order valence-corrected chi connectivity index (χ4v) is 5.96. The average molecular weight is 613 g/mol. The van der Waals surface area contributed by atoms with Gasteiger partial charge in [0, 0.05) is 54.3 Å². The Hall–Kier alpha value is -5.37. The van der Waals surface area contributed by atoms with Crippen LogP contribution in [0.5, 0.6) is 0 Å². The van der Waals surface area contributed by atoms with E-state index in [1.807, 2.05) is 53.1 Å². The first-order valence-corrected chi connectivity index (χ1v) is 15.1. The molecule has 0 atom stereocenters. The van der Waals surface area contributed by atoms with Crippen LogP contribution in [0.25, 0.3) is 39.5 Å². The minimum atomic E-state index is 0.272. The summed E-state index contributed by atoms with van der Waals surface area (Å²) in [4.78, 5) is 25.3. The Labute approximate surface area is 265 Å². The number of nitrogens with zero attached hydrogens (tertiary/aromatic N) is 8. The highest BCUT2D eigenvalue weighted by atomic mass is 35.5. The van der Waals surface area contributed by atoms with Gasteiger partial charge in [-0.15, -0.1) is 0 Å². The van der Waals surface area contributed by atoms with Gasteiger partial charge in [0.15, 0.2) is 11.5 Å². The third kappa shape index (κ3) is 5.91. The van der Waals surface area contributed by atoms with E-state index in [2.05, 4.69) is 55.5 Å². The fraction of sp³-hybridized carbons (Fsp3) is 0.176. The van der Waals surface area contributed by atoms with Crippen molar-refractivity contribution in [1.82, 2.24) is 34.4 Å². The Morgan fingerprint density at radius 1 is 0.867 bits per heavy atom. The SMILES string of the molecule is N#Cc1ccnc(NC2CCN(Cc3ccc(-n4c(-c5cccnc5N)nc5ccc(-c6ccccc6Cl)nc54)cc3)CC2)n1. The summed E-state index contributed by atoms with van der Waals surface area (Å²) in [5.74, 6) is 1.58. The van der Waals surface area contributed by atoms with Crippen LogP contribution in [0, 0.1) is 11.3 Å². The molecule has 0 amide bonds. The predicted molar refractivity (Wildman–Crippen MR) is 176 cm³/mol.